The van der Waals surface area contributed by atoms with E-state index in [1.54, 1.807) is 0 Å². The number of anilines is 1. The van der Waals surface area contributed by atoms with Crippen molar-refractivity contribution in [2.45, 2.75) is 18.9 Å². The molecule has 1 aromatic rings. The van der Waals surface area contributed by atoms with Crippen LogP contribution in [0, 0.1) is 0 Å². The van der Waals surface area contributed by atoms with Gasteiger partial charge in [0, 0.05) is 43.5 Å². The van der Waals surface area contributed by atoms with Crippen LogP contribution < -0.4 is 10.6 Å². The lowest BCUT2D eigenvalue weighted by molar-refractivity contribution is 0.115. The van der Waals surface area contributed by atoms with Crippen LogP contribution in [-0.2, 0) is 0 Å². The summed E-state index contributed by atoms with van der Waals surface area (Å²) in [5.41, 5.74) is 8.23. The predicted octanol–water partition coefficient (Wildman–Crippen LogP) is 1.72. The molecule has 2 heterocycles. The van der Waals surface area contributed by atoms with Crippen LogP contribution in [0.15, 0.2) is 30.5 Å². The summed E-state index contributed by atoms with van der Waals surface area (Å²) in [6, 6.07) is 8.90. The zero-order valence-electron chi connectivity index (χ0n) is 14.0. The van der Waals surface area contributed by atoms with Gasteiger partial charge in [0.2, 0.25) is 0 Å². The van der Waals surface area contributed by atoms with Crippen LogP contribution in [0.2, 0.25) is 0 Å². The van der Waals surface area contributed by atoms with E-state index in [1.165, 1.54) is 31.6 Å². The smallest absolute Gasteiger partial charge is 0.103 e. The van der Waals surface area contributed by atoms with Crippen molar-refractivity contribution in [3.8, 4) is 0 Å². The van der Waals surface area contributed by atoms with Gasteiger partial charge in [0.05, 0.1) is 5.70 Å². The third-order valence-electron chi connectivity index (χ3n) is 5.22. The van der Waals surface area contributed by atoms with Crippen molar-refractivity contribution < 1.29 is 5.11 Å². The van der Waals surface area contributed by atoms with E-state index in [9.17, 15) is 0 Å². The molecule has 2 aliphatic heterocycles. The highest BCUT2D eigenvalue weighted by Crippen LogP contribution is 2.22. The number of hydrogen-bond acceptors (Lipinski definition) is 5. The number of aliphatic hydroxyl groups excluding tert-OH is 1. The molecule has 23 heavy (non-hydrogen) atoms. The molecule has 0 aliphatic carbocycles. The van der Waals surface area contributed by atoms with Crippen LogP contribution in [-0.4, -0.2) is 67.3 Å². The molecule has 3 rings (SSSR count). The molecule has 126 valence electrons. The molecular formula is C18H28N4O. The quantitative estimate of drug-likeness (QED) is 0.832. The van der Waals surface area contributed by atoms with E-state index in [0.29, 0.717) is 5.70 Å². The third-order valence-corrected chi connectivity index (χ3v) is 5.22. The lowest BCUT2D eigenvalue weighted by Crippen LogP contribution is -2.53. The van der Waals surface area contributed by atoms with E-state index in [2.05, 4.69) is 33.9 Å². The van der Waals surface area contributed by atoms with Crippen LogP contribution in [0.5, 0.6) is 0 Å². The summed E-state index contributed by atoms with van der Waals surface area (Å²) in [5, 5.41) is 8.97. The Morgan fingerprint density at radius 3 is 2.22 bits per heavy atom. The van der Waals surface area contributed by atoms with Crippen molar-refractivity contribution in [2.24, 2.45) is 5.73 Å². The first-order valence-corrected chi connectivity index (χ1v) is 8.55. The lowest BCUT2D eigenvalue weighted by Gasteiger charge is -2.42. The standard InChI is InChI=1S/C18H28N4O/c1-20-8-6-17(7-9-20)22-12-10-21(11-13-22)16-4-2-15(3-5-16)18(19)14-23/h2-5,14,17,23H,6-13,19H2,1H3/b18-14+. The first-order chi connectivity index (χ1) is 11.2. The molecule has 3 N–H and O–H groups in total. The van der Waals surface area contributed by atoms with Gasteiger partial charge in [-0.1, -0.05) is 12.1 Å². The van der Waals surface area contributed by atoms with Crippen molar-refractivity contribution in [3.05, 3.63) is 36.1 Å². The van der Waals surface area contributed by atoms with E-state index in [0.717, 1.165) is 44.0 Å². The minimum Gasteiger partial charge on any atom is -0.513 e. The van der Waals surface area contributed by atoms with Gasteiger partial charge in [-0.25, -0.2) is 0 Å². The number of benzene rings is 1. The molecule has 2 fully saturated rings. The van der Waals surface area contributed by atoms with Crippen molar-refractivity contribution in [3.63, 3.8) is 0 Å². The highest BCUT2D eigenvalue weighted by Gasteiger charge is 2.26. The Kier molecular flexibility index (Phi) is 5.08. The number of hydrogen-bond donors (Lipinski definition) is 2. The number of piperidine rings is 1. The minimum absolute atomic E-state index is 0.406. The normalized spacial score (nSPS) is 22.5. The van der Waals surface area contributed by atoms with E-state index < -0.39 is 0 Å². The summed E-state index contributed by atoms with van der Waals surface area (Å²) in [7, 11) is 2.22. The van der Waals surface area contributed by atoms with Gasteiger partial charge in [0.15, 0.2) is 0 Å². The van der Waals surface area contributed by atoms with Crippen molar-refractivity contribution in [2.75, 3.05) is 51.2 Å². The van der Waals surface area contributed by atoms with Gasteiger partial charge < -0.3 is 20.6 Å². The molecule has 0 aromatic heterocycles. The Morgan fingerprint density at radius 1 is 1.04 bits per heavy atom. The largest absolute Gasteiger partial charge is 0.513 e. The lowest BCUT2D eigenvalue weighted by atomic mass is 10.0. The molecule has 1 aromatic carbocycles. The van der Waals surface area contributed by atoms with Crippen molar-refractivity contribution >= 4 is 11.4 Å². The van der Waals surface area contributed by atoms with Crippen molar-refractivity contribution in [1.29, 1.82) is 0 Å². The Morgan fingerprint density at radius 2 is 1.65 bits per heavy atom. The Labute approximate surface area is 139 Å². The Bertz CT molecular complexity index is 526. The van der Waals surface area contributed by atoms with Gasteiger partial charge in [0.1, 0.15) is 6.26 Å². The first-order valence-electron chi connectivity index (χ1n) is 8.55. The molecule has 0 saturated carbocycles. The zero-order chi connectivity index (χ0) is 16.2. The molecule has 5 nitrogen and oxygen atoms in total. The van der Waals surface area contributed by atoms with Crippen LogP contribution in [0.25, 0.3) is 5.70 Å². The van der Waals surface area contributed by atoms with Crippen molar-refractivity contribution in [1.82, 2.24) is 9.80 Å². The van der Waals surface area contributed by atoms with E-state index in [1.807, 2.05) is 12.1 Å². The summed E-state index contributed by atoms with van der Waals surface area (Å²) >= 11 is 0. The molecule has 0 unspecified atom stereocenters. The van der Waals surface area contributed by atoms with Gasteiger partial charge >= 0.3 is 0 Å². The summed E-state index contributed by atoms with van der Waals surface area (Å²) in [5.74, 6) is 0. The number of piperazine rings is 1. The van der Waals surface area contributed by atoms with Gasteiger partial charge in [-0.05, 0) is 45.1 Å². The fourth-order valence-corrected chi connectivity index (χ4v) is 3.64. The van der Waals surface area contributed by atoms with E-state index >= 15 is 0 Å². The van der Waals surface area contributed by atoms with Crippen LogP contribution >= 0.6 is 0 Å². The van der Waals surface area contributed by atoms with Crippen LogP contribution in [0.1, 0.15) is 18.4 Å². The van der Waals surface area contributed by atoms with Crippen LogP contribution in [0.3, 0.4) is 0 Å². The van der Waals surface area contributed by atoms with Gasteiger partial charge in [-0.3, -0.25) is 4.90 Å². The van der Waals surface area contributed by atoms with E-state index in [4.69, 9.17) is 10.8 Å². The van der Waals surface area contributed by atoms with Crippen LogP contribution in [0.4, 0.5) is 5.69 Å². The third kappa shape index (κ3) is 3.79. The highest BCUT2D eigenvalue weighted by molar-refractivity contribution is 5.64. The second-order valence-corrected chi connectivity index (χ2v) is 6.69. The van der Waals surface area contributed by atoms with E-state index in [-0.39, 0.29) is 0 Å². The molecule has 0 bridgehead atoms. The number of rotatable bonds is 3. The minimum atomic E-state index is 0.406. The maximum atomic E-state index is 8.97. The summed E-state index contributed by atoms with van der Waals surface area (Å²) in [6.07, 6.45) is 3.56. The highest BCUT2D eigenvalue weighted by atomic mass is 16.2. The van der Waals surface area contributed by atoms with Gasteiger partial charge in [-0.2, -0.15) is 0 Å². The monoisotopic (exact) mass is 316 g/mol. The molecule has 5 heteroatoms. The average molecular weight is 316 g/mol. The molecule has 0 amide bonds. The zero-order valence-corrected chi connectivity index (χ0v) is 14.0. The fraction of sp³-hybridized carbons (Fsp3) is 0.556. The topological polar surface area (TPSA) is 56.0 Å². The molecular weight excluding hydrogens is 288 g/mol. The maximum absolute atomic E-state index is 8.97. The SMILES string of the molecule is CN1CCC(N2CCN(c3ccc(/C(N)=C\O)cc3)CC2)CC1. The van der Waals surface area contributed by atoms with Gasteiger partial charge in [-0.15, -0.1) is 0 Å². The molecule has 0 spiro atoms. The second-order valence-electron chi connectivity index (χ2n) is 6.69. The average Bonchev–Trinajstić information content (AvgIpc) is 2.62. The predicted molar refractivity (Wildman–Crippen MR) is 95.5 cm³/mol. The Hall–Kier alpha value is -1.72. The first kappa shape index (κ1) is 16.1. The molecule has 0 radical (unpaired) electrons. The number of nitrogens with two attached hydrogens (primary N) is 1. The number of nitrogens with zero attached hydrogens (tertiary/aromatic N) is 3. The number of likely N-dealkylation sites (tertiary alicyclic amines) is 1. The molecule has 2 saturated heterocycles. The van der Waals surface area contributed by atoms with Gasteiger partial charge in [0.25, 0.3) is 0 Å². The number of aliphatic hydroxyl groups is 1. The summed E-state index contributed by atoms with van der Waals surface area (Å²) < 4.78 is 0. The molecule has 2 aliphatic rings. The fourth-order valence-electron chi connectivity index (χ4n) is 3.64. The summed E-state index contributed by atoms with van der Waals surface area (Å²) in [6.45, 7) is 6.91. The summed E-state index contributed by atoms with van der Waals surface area (Å²) in [4.78, 5) is 7.54. The maximum Gasteiger partial charge on any atom is 0.103 e. The molecule has 0 atom stereocenters. The second kappa shape index (κ2) is 7.23. The Balaban J connectivity index is 1.54.